The van der Waals surface area contributed by atoms with Gasteiger partial charge in [0.15, 0.2) is 0 Å². The van der Waals surface area contributed by atoms with E-state index in [1.807, 2.05) is 91.0 Å². The molecule has 1 fully saturated rings. The molecule has 0 bridgehead atoms. The minimum absolute atomic E-state index is 0.0195. The van der Waals surface area contributed by atoms with Crippen LogP contribution < -0.4 is 5.32 Å². The average Bonchev–Trinajstić information content (AvgIpc) is 3.54. The molecule has 2 amide bonds. The van der Waals surface area contributed by atoms with Crippen molar-refractivity contribution < 1.29 is 18.0 Å². The van der Waals surface area contributed by atoms with Crippen molar-refractivity contribution in [2.75, 3.05) is 19.6 Å². The van der Waals surface area contributed by atoms with Crippen LogP contribution in [0.25, 0.3) is 0 Å². The molecule has 3 aromatic carbocycles. The van der Waals surface area contributed by atoms with Crippen molar-refractivity contribution in [1.29, 1.82) is 0 Å². The van der Waals surface area contributed by atoms with E-state index in [0.717, 1.165) is 28.0 Å². The standard InChI is InChI=1S/C30H29N3O4S2/c34-29(31-21-23-11-4-1-5-12-23)26-22-32(18-19-33(26)39(36,37)27-17-10-20-38-27)30(35)28(24-13-6-2-7-14-24)25-15-8-3-9-16-25/h1-17,20,26,28H,18-19,21-22H2,(H,31,34). The van der Waals surface area contributed by atoms with E-state index in [-0.39, 0.29) is 36.3 Å². The van der Waals surface area contributed by atoms with Crippen molar-refractivity contribution in [2.24, 2.45) is 0 Å². The maximum Gasteiger partial charge on any atom is 0.253 e. The molecule has 1 unspecified atom stereocenters. The zero-order chi connectivity index (χ0) is 27.2. The summed E-state index contributed by atoms with van der Waals surface area (Å²) in [7, 11) is -3.92. The third kappa shape index (κ3) is 5.95. The predicted molar refractivity (Wildman–Crippen MR) is 152 cm³/mol. The summed E-state index contributed by atoms with van der Waals surface area (Å²) in [5.41, 5.74) is 2.58. The number of rotatable bonds is 8. The second-order valence-corrected chi connectivity index (χ2v) is 12.4. The highest BCUT2D eigenvalue weighted by molar-refractivity contribution is 7.91. The third-order valence-electron chi connectivity index (χ3n) is 6.83. The minimum atomic E-state index is -3.92. The summed E-state index contributed by atoms with van der Waals surface area (Å²) in [6.45, 7) is 0.418. The summed E-state index contributed by atoms with van der Waals surface area (Å²) in [5.74, 6) is -1.17. The average molecular weight is 560 g/mol. The molecular weight excluding hydrogens is 530 g/mol. The Hall–Kier alpha value is -3.79. The number of benzene rings is 3. The first-order chi connectivity index (χ1) is 18.9. The zero-order valence-electron chi connectivity index (χ0n) is 21.2. The summed E-state index contributed by atoms with van der Waals surface area (Å²) >= 11 is 1.11. The second-order valence-electron chi connectivity index (χ2n) is 9.31. The summed E-state index contributed by atoms with van der Waals surface area (Å²) in [4.78, 5) is 29.2. The topological polar surface area (TPSA) is 86.8 Å². The Kier molecular flexibility index (Phi) is 8.21. The lowest BCUT2D eigenvalue weighted by molar-refractivity contribution is -0.136. The van der Waals surface area contributed by atoms with E-state index in [1.54, 1.807) is 16.3 Å². The lowest BCUT2D eigenvalue weighted by Gasteiger charge is -2.40. The molecule has 1 aromatic heterocycles. The van der Waals surface area contributed by atoms with Gasteiger partial charge < -0.3 is 10.2 Å². The molecule has 1 saturated heterocycles. The fourth-order valence-electron chi connectivity index (χ4n) is 4.85. The molecule has 39 heavy (non-hydrogen) atoms. The monoisotopic (exact) mass is 559 g/mol. The molecule has 4 aromatic rings. The molecule has 9 heteroatoms. The Morgan fingerprint density at radius 1 is 0.821 bits per heavy atom. The van der Waals surface area contributed by atoms with Crippen molar-refractivity contribution in [3.63, 3.8) is 0 Å². The molecule has 1 atom stereocenters. The number of carbonyl (C=O) groups is 2. The lowest BCUT2D eigenvalue weighted by Crippen LogP contribution is -2.61. The van der Waals surface area contributed by atoms with Gasteiger partial charge >= 0.3 is 0 Å². The Morgan fingerprint density at radius 2 is 1.41 bits per heavy atom. The molecule has 1 aliphatic heterocycles. The van der Waals surface area contributed by atoms with Crippen LogP contribution in [0, 0.1) is 0 Å². The van der Waals surface area contributed by atoms with Gasteiger partial charge in [0.25, 0.3) is 10.0 Å². The Balaban J connectivity index is 1.44. The quantitative estimate of drug-likeness (QED) is 0.352. The number of carbonyl (C=O) groups excluding carboxylic acids is 2. The van der Waals surface area contributed by atoms with Gasteiger partial charge in [-0.05, 0) is 28.1 Å². The normalized spacial score (nSPS) is 16.2. The first-order valence-electron chi connectivity index (χ1n) is 12.7. The predicted octanol–water partition coefficient (Wildman–Crippen LogP) is 4.10. The van der Waals surface area contributed by atoms with E-state index in [1.165, 1.54) is 10.4 Å². The second kappa shape index (κ2) is 11.9. The van der Waals surface area contributed by atoms with Crippen LogP contribution in [0.2, 0.25) is 0 Å². The fourth-order valence-corrected chi connectivity index (χ4v) is 7.54. The highest BCUT2D eigenvalue weighted by Crippen LogP contribution is 2.30. The summed E-state index contributed by atoms with van der Waals surface area (Å²) in [6.07, 6.45) is 0. The van der Waals surface area contributed by atoms with Crippen LogP contribution in [0.3, 0.4) is 0 Å². The smallest absolute Gasteiger partial charge is 0.253 e. The largest absolute Gasteiger partial charge is 0.351 e. The fraction of sp³-hybridized carbons (Fsp3) is 0.200. The number of hydrogen-bond acceptors (Lipinski definition) is 5. The number of sulfonamides is 1. The first kappa shape index (κ1) is 26.8. The van der Waals surface area contributed by atoms with Gasteiger partial charge in [-0.25, -0.2) is 8.42 Å². The van der Waals surface area contributed by atoms with Gasteiger partial charge in [0.1, 0.15) is 10.3 Å². The third-order valence-corrected chi connectivity index (χ3v) is 10.1. The van der Waals surface area contributed by atoms with Crippen molar-refractivity contribution in [3.05, 3.63) is 125 Å². The maximum absolute atomic E-state index is 14.1. The van der Waals surface area contributed by atoms with Crippen molar-refractivity contribution in [3.8, 4) is 0 Å². The highest BCUT2D eigenvalue weighted by Gasteiger charge is 2.43. The molecule has 7 nitrogen and oxygen atoms in total. The zero-order valence-corrected chi connectivity index (χ0v) is 22.9. The van der Waals surface area contributed by atoms with Gasteiger partial charge in [0, 0.05) is 26.2 Å². The van der Waals surface area contributed by atoms with Gasteiger partial charge in [-0.3, -0.25) is 9.59 Å². The van der Waals surface area contributed by atoms with Crippen molar-refractivity contribution >= 4 is 33.2 Å². The molecule has 200 valence electrons. The number of nitrogens with one attached hydrogen (secondary N) is 1. The number of hydrogen-bond donors (Lipinski definition) is 1. The molecule has 1 N–H and O–H groups in total. The summed E-state index contributed by atoms with van der Waals surface area (Å²) in [5, 5.41) is 4.58. The molecule has 1 aliphatic rings. The van der Waals surface area contributed by atoms with E-state index >= 15 is 0 Å². The number of thiophene rings is 1. The summed E-state index contributed by atoms with van der Waals surface area (Å²) in [6, 6.07) is 30.6. The van der Waals surface area contributed by atoms with Gasteiger partial charge in [0.2, 0.25) is 11.8 Å². The maximum atomic E-state index is 14.1. The first-order valence-corrected chi connectivity index (χ1v) is 15.0. The van der Waals surface area contributed by atoms with Crippen LogP contribution in [0.5, 0.6) is 0 Å². The molecule has 2 heterocycles. The Labute approximate surface area is 232 Å². The minimum Gasteiger partial charge on any atom is -0.351 e. The SMILES string of the molecule is O=C(NCc1ccccc1)C1CN(C(=O)C(c2ccccc2)c2ccccc2)CCN1S(=O)(=O)c1cccs1. The van der Waals surface area contributed by atoms with Crippen LogP contribution in [0.1, 0.15) is 22.6 Å². The van der Waals surface area contributed by atoms with Crippen LogP contribution in [-0.4, -0.2) is 55.1 Å². The van der Waals surface area contributed by atoms with E-state index < -0.39 is 27.9 Å². The Morgan fingerprint density at radius 3 is 1.97 bits per heavy atom. The van der Waals surface area contributed by atoms with Crippen molar-refractivity contribution in [2.45, 2.75) is 22.7 Å². The number of piperazine rings is 1. The molecule has 5 rings (SSSR count). The molecule has 0 radical (unpaired) electrons. The van der Waals surface area contributed by atoms with E-state index in [2.05, 4.69) is 5.32 Å². The molecular formula is C30H29N3O4S2. The van der Waals surface area contributed by atoms with Crippen LogP contribution in [-0.2, 0) is 26.2 Å². The summed E-state index contributed by atoms with van der Waals surface area (Å²) < 4.78 is 28.5. The highest BCUT2D eigenvalue weighted by atomic mass is 32.2. The molecule has 0 aliphatic carbocycles. The Bertz CT molecular complexity index is 1460. The number of amides is 2. The van der Waals surface area contributed by atoms with E-state index in [0.29, 0.717) is 0 Å². The van der Waals surface area contributed by atoms with Crippen LogP contribution in [0.4, 0.5) is 0 Å². The number of nitrogens with zero attached hydrogens (tertiary/aromatic N) is 2. The molecule has 0 saturated carbocycles. The van der Waals surface area contributed by atoms with Gasteiger partial charge in [-0.15, -0.1) is 11.3 Å². The lowest BCUT2D eigenvalue weighted by atomic mass is 9.89. The molecule has 0 spiro atoms. The van der Waals surface area contributed by atoms with E-state index in [4.69, 9.17) is 0 Å². The van der Waals surface area contributed by atoms with Gasteiger partial charge in [-0.2, -0.15) is 4.31 Å². The van der Waals surface area contributed by atoms with Crippen LogP contribution in [0.15, 0.2) is 113 Å². The van der Waals surface area contributed by atoms with E-state index in [9.17, 15) is 18.0 Å². The van der Waals surface area contributed by atoms with Crippen LogP contribution >= 0.6 is 11.3 Å². The van der Waals surface area contributed by atoms with Gasteiger partial charge in [0.05, 0.1) is 5.92 Å². The van der Waals surface area contributed by atoms with Crippen molar-refractivity contribution in [1.82, 2.24) is 14.5 Å². The van der Waals surface area contributed by atoms with Gasteiger partial charge in [-0.1, -0.05) is 97.1 Å².